The highest BCUT2D eigenvalue weighted by Gasteiger charge is 2.45. The lowest BCUT2D eigenvalue weighted by molar-refractivity contribution is -0.124. The molecule has 2 aromatic rings. The van der Waals surface area contributed by atoms with Gasteiger partial charge in [-0.1, -0.05) is 0 Å². The quantitative estimate of drug-likeness (QED) is 0.852. The molecule has 1 amide bonds. The van der Waals surface area contributed by atoms with Gasteiger partial charge in [0.25, 0.3) is 5.91 Å². The van der Waals surface area contributed by atoms with Crippen molar-refractivity contribution < 1.29 is 19.0 Å². The number of nitrogens with zero attached hydrogens (tertiary/aromatic N) is 4. The van der Waals surface area contributed by atoms with Gasteiger partial charge < -0.3 is 24.4 Å². The van der Waals surface area contributed by atoms with E-state index in [-0.39, 0.29) is 5.91 Å². The van der Waals surface area contributed by atoms with Crippen molar-refractivity contribution in [2.24, 2.45) is 4.99 Å². The first-order chi connectivity index (χ1) is 13.5. The van der Waals surface area contributed by atoms with E-state index in [4.69, 9.17) is 14.2 Å². The normalized spacial score (nSPS) is 18.2. The second-order valence-corrected chi connectivity index (χ2v) is 6.91. The van der Waals surface area contributed by atoms with Crippen LogP contribution in [0.5, 0.6) is 17.2 Å². The number of benzene rings is 1. The van der Waals surface area contributed by atoms with Crippen LogP contribution in [0.25, 0.3) is 10.9 Å². The first-order valence-electron chi connectivity index (χ1n) is 9.09. The fourth-order valence-electron chi connectivity index (χ4n) is 4.01. The van der Waals surface area contributed by atoms with E-state index in [1.807, 2.05) is 13.0 Å². The second kappa shape index (κ2) is 6.81. The van der Waals surface area contributed by atoms with E-state index in [1.54, 1.807) is 21.3 Å². The number of methoxy groups -OCH3 is 3. The number of amidine groups is 1. The number of amides is 1. The van der Waals surface area contributed by atoms with Crippen molar-refractivity contribution in [1.82, 2.24) is 15.3 Å². The number of nitrogens with one attached hydrogen (secondary N) is 1. The lowest BCUT2D eigenvalue weighted by atomic mass is 9.88. The Hall–Kier alpha value is -3.10. The number of carbonyl (C=O) groups is 1. The van der Waals surface area contributed by atoms with Gasteiger partial charge in [-0.25, -0.2) is 9.97 Å². The van der Waals surface area contributed by atoms with Crippen LogP contribution >= 0.6 is 0 Å². The summed E-state index contributed by atoms with van der Waals surface area (Å²) < 4.78 is 16.5. The maximum Gasteiger partial charge on any atom is 0.253 e. The van der Waals surface area contributed by atoms with Crippen LogP contribution in [0.3, 0.4) is 0 Å². The van der Waals surface area contributed by atoms with E-state index in [9.17, 15) is 4.79 Å². The van der Waals surface area contributed by atoms with E-state index in [2.05, 4.69) is 25.2 Å². The molecular weight excluding hydrogens is 362 g/mol. The van der Waals surface area contributed by atoms with E-state index in [1.165, 1.54) is 6.33 Å². The molecule has 0 atom stereocenters. The fourth-order valence-corrected chi connectivity index (χ4v) is 4.01. The Morgan fingerprint density at radius 2 is 1.79 bits per heavy atom. The van der Waals surface area contributed by atoms with Gasteiger partial charge in [-0.15, -0.1) is 0 Å². The molecule has 0 unspecified atom stereocenters. The molecule has 1 aromatic carbocycles. The molecule has 0 aliphatic carbocycles. The average molecular weight is 385 g/mol. The van der Waals surface area contributed by atoms with Crippen LogP contribution in [-0.2, 0) is 4.79 Å². The number of anilines is 1. The Kier molecular flexibility index (Phi) is 4.44. The Balaban J connectivity index is 1.73. The minimum atomic E-state index is -0.651. The Labute approximate surface area is 162 Å². The molecule has 0 bridgehead atoms. The predicted octanol–water partition coefficient (Wildman–Crippen LogP) is 1.54. The molecular formula is C19H23N5O4. The van der Waals surface area contributed by atoms with Crippen LogP contribution in [0.2, 0.25) is 0 Å². The Morgan fingerprint density at radius 3 is 2.36 bits per heavy atom. The Bertz CT molecular complexity index is 966. The van der Waals surface area contributed by atoms with E-state index < -0.39 is 5.54 Å². The van der Waals surface area contributed by atoms with E-state index in [0.717, 1.165) is 11.2 Å². The van der Waals surface area contributed by atoms with Crippen molar-refractivity contribution in [3.63, 3.8) is 0 Å². The van der Waals surface area contributed by atoms with Gasteiger partial charge in [0.05, 0.1) is 26.7 Å². The van der Waals surface area contributed by atoms with Crippen molar-refractivity contribution in [2.45, 2.75) is 25.3 Å². The molecule has 1 aromatic heterocycles. The molecule has 1 saturated heterocycles. The molecule has 2 aliphatic rings. The number of aliphatic imine (C=N–C) groups is 1. The fraction of sp³-hybridized carbons (Fsp3) is 0.474. The summed E-state index contributed by atoms with van der Waals surface area (Å²) in [6, 6.07) is 1.86. The largest absolute Gasteiger partial charge is 0.493 e. The molecule has 28 heavy (non-hydrogen) atoms. The van der Waals surface area contributed by atoms with Crippen LogP contribution in [0.15, 0.2) is 17.4 Å². The monoisotopic (exact) mass is 385 g/mol. The zero-order chi connectivity index (χ0) is 19.9. The second-order valence-electron chi connectivity index (χ2n) is 6.91. The SMILES string of the molecule is COc1cc2c(N3CCC4(CC3)N=C(C)NC4=O)ncnc2c(OC)c1OC. The zero-order valence-electron chi connectivity index (χ0n) is 16.4. The van der Waals surface area contributed by atoms with Crippen molar-refractivity contribution in [1.29, 1.82) is 0 Å². The van der Waals surface area contributed by atoms with E-state index >= 15 is 0 Å². The summed E-state index contributed by atoms with van der Waals surface area (Å²) in [6.45, 7) is 3.14. The van der Waals surface area contributed by atoms with Gasteiger partial charge in [0.1, 0.15) is 29.0 Å². The third-order valence-corrected chi connectivity index (χ3v) is 5.40. The highest BCUT2D eigenvalue weighted by molar-refractivity contribution is 6.07. The first-order valence-corrected chi connectivity index (χ1v) is 9.09. The summed E-state index contributed by atoms with van der Waals surface area (Å²) in [5.74, 6) is 3.00. The molecule has 0 saturated carbocycles. The summed E-state index contributed by atoms with van der Waals surface area (Å²) in [5, 5.41) is 3.63. The number of hydrogen-bond acceptors (Lipinski definition) is 8. The number of ether oxygens (including phenoxy) is 3. The summed E-state index contributed by atoms with van der Waals surface area (Å²) in [6.07, 6.45) is 2.78. The van der Waals surface area contributed by atoms with Crippen LogP contribution in [0.1, 0.15) is 19.8 Å². The third-order valence-electron chi connectivity index (χ3n) is 5.40. The van der Waals surface area contributed by atoms with Gasteiger partial charge in [-0.2, -0.15) is 0 Å². The minimum absolute atomic E-state index is 0.00901. The summed E-state index contributed by atoms with van der Waals surface area (Å²) in [5.41, 5.74) is 0.0000676. The summed E-state index contributed by atoms with van der Waals surface area (Å²) >= 11 is 0. The number of fused-ring (bicyclic) bond motifs is 1. The summed E-state index contributed by atoms with van der Waals surface area (Å²) in [7, 11) is 4.71. The van der Waals surface area contributed by atoms with Crippen molar-refractivity contribution >= 4 is 28.5 Å². The van der Waals surface area contributed by atoms with Gasteiger partial charge in [-0.3, -0.25) is 9.79 Å². The molecule has 2 aliphatic heterocycles. The number of carbonyl (C=O) groups excluding carboxylic acids is 1. The number of piperidine rings is 1. The molecule has 148 valence electrons. The van der Waals surface area contributed by atoms with Crippen LogP contribution in [-0.4, -0.2) is 61.7 Å². The molecule has 4 rings (SSSR count). The van der Waals surface area contributed by atoms with Crippen LogP contribution < -0.4 is 24.4 Å². The number of aromatic nitrogens is 2. The molecule has 1 spiro atoms. The van der Waals surface area contributed by atoms with Crippen molar-refractivity contribution in [2.75, 3.05) is 39.3 Å². The topological polar surface area (TPSA) is 98.2 Å². The standard InChI is InChI=1S/C19H23N5O4/c1-11-22-18(25)19(23-11)5-7-24(8-6-19)17-12-9-13(26-2)15(27-3)16(28-4)14(12)20-10-21-17/h9-10H,5-8H2,1-4H3,(H,22,23,25). The lowest BCUT2D eigenvalue weighted by Gasteiger charge is -2.36. The van der Waals surface area contributed by atoms with Gasteiger partial charge in [0.2, 0.25) is 5.75 Å². The maximum absolute atomic E-state index is 12.3. The smallest absolute Gasteiger partial charge is 0.253 e. The van der Waals surface area contributed by atoms with Gasteiger partial charge >= 0.3 is 0 Å². The van der Waals surface area contributed by atoms with Gasteiger partial charge in [0, 0.05) is 13.1 Å². The molecule has 0 radical (unpaired) electrons. The third kappa shape index (κ3) is 2.69. The van der Waals surface area contributed by atoms with Crippen molar-refractivity contribution in [3.05, 3.63) is 12.4 Å². The number of rotatable bonds is 4. The first kappa shape index (κ1) is 18.3. The van der Waals surface area contributed by atoms with Gasteiger partial charge in [0.15, 0.2) is 11.5 Å². The average Bonchev–Trinajstić information content (AvgIpc) is 2.99. The van der Waals surface area contributed by atoms with Gasteiger partial charge in [-0.05, 0) is 25.8 Å². The minimum Gasteiger partial charge on any atom is -0.493 e. The van der Waals surface area contributed by atoms with Crippen molar-refractivity contribution in [3.8, 4) is 17.2 Å². The summed E-state index contributed by atoms with van der Waals surface area (Å²) in [4.78, 5) is 28.0. The predicted molar refractivity (Wildman–Crippen MR) is 105 cm³/mol. The van der Waals surface area contributed by atoms with Crippen LogP contribution in [0.4, 0.5) is 5.82 Å². The molecule has 9 heteroatoms. The number of hydrogen-bond donors (Lipinski definition) is 1. The zero-order valence-corrected chi connectivity index (χ0v) is 16.4. The van der Waals surface area contributed by atoms with E-state index in [0.29, 0.717) is 54.5 Å². The maximum atomic E-state index is 12.3. The molecule has 3 heterocycles. The highest BCUT2D eigenvalue weighted by atomic mass is 16.5. The lowest BCUT2D eigenvalue weighted by Crippen LogP contribution is -2.49. The highest BCUT2D eigenvalue weighted by Crippen LogP contribution is 2.45. The molecule has 9 nitrogen and oxygen atoms in total. The Morgan fingerprint density at radius 1 is 1.07 bits per heavy atom. The molecule has 1 N–H and O–H groups in total. The molecule has 1 fully saturated rings. The van der Waals surface area contributed by atoms with Crippen LogP contribution in [0, 0.1) is 0 Å².